The topological polar surface area (TPSA) is 75.7 Å². The molecule has 6 nitrogen and oxygen atoms in total. The molecule has 0 unspecified atom stereocenters. The summed E-state index contributed by atoms with van der Waals surface area (Å²) in [6, 6.07) is 21.6. The highest BCUT2D eigenvalue weighted by Crippen LogP contribution is 2.26. The molecule has 0 bridgehead atoms. The first kappa shape index (κ1) is 22.7. The first-order chi connectivity index (χ1) is 14.8. The number of rotatable bonds is 8. The van der Waals surface area contributed by atoms with E-state index in [4.69, 9.17) is 16.3 Å². The Labute approximate surface area is 187 Å². The molecule has 31 heavy (non-hydrogen) atoms. The molecule has 0 aliphatic carbocycles. The number of hydrogen-bond acceptors (Lipinski definition) is 4. The molecular formula is C23H23ClN2O4S. The van der Waals surface area contributed by atoms with Crippen LogP contribution in [0.5, 0.6) is 11.5 Å². The Morgan fingerprint density at radius 3 is 2.10 bits per heavy atom. The van der Waals surface area contributed by atoms with E-state index in [2.05, 4.69) is 5.32 Å². The maximum Gasteiger partial charge on any atom is 0.248 e. The van der Waals surface area contributed by atoms with Crippen LogP contribution >= 0.6 is 11.6 Å². The predicted octanol–water partition coefficient (Wildman–Crippen LogP) is 5.32. The monoisotopic (exact) mass is 458 g/mol. The van der Waals surface area contributed by atoms with E-state index in [9.17, 15) is 13.2 Å². The average molecular weight is 459 g/mol. The number of amides is 1. The normalized spacial score (nSPS) is 12.1. The Kier molecular flexibility index (Phi) is 7.20. The molecule has 3 aromatic rings. The number of para-hydroxylation sites is 1. The quantitative estimate of drug-likeness (QED) is 0.496. The highest BCUT2D eigenvalue weighted by atomic mass is 35.5. The molecule has 0 saturated heterocycles. The van der Waals surface area contributed by atoms with Gasteiger partial charge in [-0.3, -0.25) is 9.10 Å². The third-order valence-electron chi connectivity index (χ3n) is 4.51. The molecule has 1 amide bonds. The van der Waals surface area contributed by atoms with Gasteiger partial charge in [-0.15, -0.1) is 0 Å². The molecule has 0 heterocycles. The number of halogens is 1. The lowest BCUT2D eigenvalue weighted by molar-refractivity contribution is -0.117. The number of ether oxygens (including phenoxy) is 1. The highest BCUT2D eigenvalue weighted by molar-refractivity contribution is 7.92. The van der Waals surface area contributed by atoms with Crippen molar-refractivity contribution in [1.29, 1.82) is 0 Å². The fraction of sp³-hybridized carbons (Fsp3) is 0.174. The van der Waals surface area contributed by atoms with Crippen molar-refractivity contribution in [3.05, 3.63) is 83.9 Å². The van der Waals surface area contributed by atoms with Gasteiger partial charge in [0, 0.05) is 10.7 Å². The zero-order chi connectivity index (χ0) is 22.4. The van der Waals surface area contributed by atoms with E-state index in [0.29, 0.717) is 27.9 Å². The summed E-state index contributed by atoms with van der Waals surface area (Å²) in [7, 11) is -3.71. The fourth-order valence-corrected chi connectivity index (χ4v) is 4.44. The van der Waals surface area contributed by atoms with Gasteiger partial charge in [0.05, 0.1) is 11.9 Å². The number of anilines is 2. The predicted molar refractivity (Wildman–Crippen MR) is 124 cm³/mol. The summed E-state index contributed by atoms with van der Waals surface area (Å²) in [5, 5.41) is 3.27. The molecule has 1 N–H and O–H groups in total. The summed E-state index contributed by atoms with van der Waals surface area (Å²) in [6.07, 6.45) is 1.37. The van der Waals surface area contributed by atoms with Crippen molar-refractivity contribution in [2.75, 3.05) is 15.9 Å². The number of benzene rings is 3. The summed E-state index contributed by atoms with van der Waals surface area (Å²) >= 11 is 5.92. The van der Waals surface area contributed by atoms with Gasteiger partial charge in [-0.1, -0.05) is 36.7 Å². The van der Waals surface area contributed by atoms with Crippen LogP contribution in [0.15, 0.2) is 78.9 Å². The standard InChI is InChI=1S/C23H23ClN2O4S/c1-3-22(26(31(2,28)29)19-13-9-17(24)10-14-19)23(27)25-18-11-15-21(16-12-18)30-20-7-5-4-6-8-20/h4-16,22H,3H2,1-2H3,(H,25,27)/t22-/m1/s1. The molecule has 3 aromatic carbocycles. The van der Waals surface area contributed by atoms with Gasteiger partial charge in [0.1, 0.15) is 17.5 Å². The summed E-state index contributed by atoms with van der Waals surface area (Å²) < 4.78 is 31.8. The minimum Gasteiger partial charge on any atom is -0.457 e. The van der Waals surface area contributed by atoms with Gasteiger partial charge in [0.25, 0.3) is 0 Å². The second-order valence-corrected chi connectivity index (χ2v) is 9.18. The Morgan fingerprint density at radius 1 is 0.968 bits per heavy atom. The van der Waals surface area contributed by atoms with Crippen LogP contribution in [-0.4, -0.2) is 26.6 Å². The Morgan fingerprint density at radius 2 is 1.55 bits per heavy atom. The first-order valence-corrected chi connectivity index (χ1v) is 11.9. The van der Waals surface area contributed by atoms with Gasteiger partial charge >= 0.3 is 0 Å². The van der Waals surface area contributed by atoms with Gasteiger partial charge < -0.3 is 10.1 Å². The Bertz CT molecular complexity index is 1120. The number of hydrogen-bond donors (Lipinski definition) is 1. The van der Waals surface area contributed by atoms with E-state index >= 15 is 0 Å². The lowest BCUT2D eigenvalue weighted by atomic mass is 10.1. The number of sulfonamides is 1. The lowest BCUT2D eigenvalue weighted by Crippen LogP contribution is -2.46. The van der Waals surface area contributed by atoms with E-state index in [1.807, 2.05) is 30.3 Å². The van der Waals surface area contributed by atoms with E-state index in [0.717, 1.165) is 10.6 Å². The Hall–Kier alpha value is -3.03. The third kappa shape index (κ3) is 5.99. The van der Waals surface area contributed by atoms with Crippen LogP contribution in [0.25, 0.3) is 0 Å². The van der Waals surface area contributed by atoms with Crippen LogP contribution in [0.1, 0.15) is 13.3 Å². The van der Waals surface area contributed by atoms with Gasteiger partial charge in [0.15, 0.2) is 0 Å². The zero-order valence-corrected chi connectivity index (χ0v) is 18.7. The third-order valence-corrected chi connectivity index (χ3v) is 5.94. The number of carbonyl (C=O) groups excluding carboxylic acids is 1. The molecule has 162 valence electrons. The van der Waals surface area contributed by atoms with Gasteiger partial charge in [-0.25, -0.2) is 8.42 Å². The molecule has 0 saturated carbocycles. The molecule has 3 rings (SSSR count). The molecule has 0 aliphatic heterocycles. The van der Waals surface area contributed by atoms with Crippen LogP contribution < -0.4 is 14.4 Å². The molecule has 0 aliphatic rings. The summed E-state index contributed by atoms with van der Waals surface area (Å²) in [4.78, 5) is 13.0. The van der Waals surface area contributed by atoms with Crippen LogP contribution in [0.4, 0.5) is 11.4 Å². The van der Waals surface area contributed by atoms with Crippen molar-refractivity contribution in [1.82, 2.24) is 0 Å². The van der Waals surface area contributed by atoms with Crippen LogP contribution in [0, 0.1) is 0 Å². The number of nitrogens with one attached hydrogen (secondary N) is 1. The minimum atomic E-state index is -3.71. The van der Waals surface area contributed by atoms with E-state index in [-0.39, 0.29) is 6.42 Å². The van der Waals surface area contributed by atoms with Crippen molar-refractivity contribution in [3.63, 3.8) is 0 Å². The largest absolute Gasteiger partial charge is 0.457 e. The summed E-state index contributed by atoms with van der Waals surface area (Å²) in [5.74, 6) is 0.895. The molecule has 1 atom stereocenters. The van der Waals surface area contributed by atoms with Crippen molar-refractivity contribution in [2.24, 2.45) is 0 Å². The number of carbonyl (C=O) groups is 1. The van der Waals surface area contributed by atoms with Crippen molar-refractivity contribution in [3.8, 4) is 11.5 Å². The number of nitrogens with zero attached hydrogens (tertiary/aromatic N) is 1. The molecular weight excluding hydrogens is 436 g/mol. The summed E-state index contributed by atoms with van der Waals surface area (Å²) in [6.45, 7) is 1.76. The minimum absolute atomic E-state index is 0.288. The smallest absolute Gasteiger partial charge is 0.248 e. The maximum atomic E-state index is 13.0. The Balaban J connectivity index is 1.77. The summed E-state index contributed by atoms with van der Waals surface area (Å²) in [5.41, 5.74) is 0.911. The molecule has 0 fully saturated rings. The van der Waals surface area contributed by atoms with Crippen LogP contribution in [0.2, 0.25) is 5.02 Å². The van der Waals surface area contributed by atoms with Gasteiger partial charge in [0.2, 0.25) is 15.9 Å². The molecule has 8 heteroatoms. The van der Waals surface area contributed by atoms with Crippen molar-refractivity contribution >= 4 is 38.9 Å². The zero-order valence-electron chi connectivity index (χ0n) is 17.2. The second kappa shape index (κ2) is 9.85. The van der Waals surface area contributed by atoms with Gasteiger partial charge in [-0.2, -0.15) is 0 Å². The first-order valence-electron chi connectivity index (χ1n) is 9.66. The molecule has 0 spiro atoms. The van der Waals surface area contributed by atoms with Crippen LogP contribution in [-0.2, 0) is 14.8 Å². The second-order valence-electron chi connectivity index (χ2n) is 6.89. The maximum absolute atomic E-state index is 13.0. The fourth-order valence-electron chi connectivity index (χ4n) is 3.10. The van der Waals surface area contributed by atoms with E-state index < -0.39 is 22.0 Å². The van der Waals surface area contributed by atoms with Gasteiger partial charge in [-0.05, 0) is 67.1 Å². The highest BCUT2D eigenvalue weighted by Gasteiger charge is 2.31. The van der Waals surface area contributed by atoms with E-state index in [1.54, 1.807) is 55.5 Å². The van der Waals surface area contributed by atoms with E-state index in [1.165, 1.54) is 0 Å². The molecule has 0 radical (unpaired) electrons. The van der Waals surface area contributed by atoms with Crippen LogP contribution in [0.3, 0.4) is 0 Å². The molecule has 0 aromatic heterocycles. The van der Waals surface area contributed by atoms with Crippen molar-refractivity contribution < 1.29 is 17.9 Å². The lowest BCUT2D eigenvalue weighted by Gasteiger charge is -2.30. The van der Waals surface area contributed by atoms with Crippen molar-refractivity contribution in [2.45, 2.75) is 19.4 Å². The SMILES string of the molecule is CC[C@H](C(=O)Nc1ccc(Oc2ccccc2)cc1)N(c1ccc(Cl)cc1)S(C)(=O)=O. The average Bonchev–Trinajstić information content (AvgIpc) is 2.74.